The molecule has 170 valence electrons. The van der Waals surface area contributed by atoms with Gasteiger partial charge in [0.25, 0.3) is 0 Å². The molecule has 8 nitrogen and oxygen atoms in total. The lowest BCUT2D eigenvalue weighted by atomic mass is 10.1. The summed E-state index contributed by atoms with van der Waals surface area (Å²) < 4.78 is 33.1. The van der Waals surface area contributed by atoms with Crippen molar-refractivity contribution in [3.05, 3.63) is 71.3 Å². The van der Waals surface area contributed by atoms with Crippen LogP contribution in [0.15, 0.2) is 54.9 Å². The number of nitrogens with one attached hydrogen (secondary N) is 1. The SMILES string of the molecule is COc1ccc(N([C@H](C)C(=O)NCc2ccccc2-n2ccnc2C)S(C)(=O)=O)cc1Cl. The van der Waals surface area contributed by atoms with Gasteiger partial charge in [0.15, 0.2) is 0 Å². The number of carbonyl (C=O) groups is 1. The average molecular weight is 477 g/mol. The number of amides is 1. The molecule has 0 spiro atoms. The first-order valence-corrected chi connectivity index (χ1v) is 12.0. The van der Waals surface area contributed by atoms with Crippen LogP contribution in [0.25, 0.3) is 5.69 Å². The van der Waals surface area contributed by atoms with E-state index >= 15 is 0 Å². The summed E-state index contributed by atoms with van der Waals surface area (Å²) in [5.74, 6) is 0.781. The number of rotatable bonds is 8. The maximum Gasteiger partial charge on any atom is 0.243 e. The number of sulfonamides is 1. The normalized spacial score (nSPS) is 12.3. The minimum Gasteiger partial charge on any atom is -0.495 e. The van der Waals surface area contributed by atoms with Gasteiger partial charge in [-0.2, -0.15) is 0 Å². The van der Waals surface area contributed by atoms with Crippen molar-refractivity contribution in [2.45, 2.75) is 26.4 Å². The van der Waals surface area contributed by atoms with E-state index in [4.69, 9.17) is 16.3 Å². The monoisotopic (exact) mass is 476 g/mol. The Labute approximate surface area is 192 Å². The lowest BCUT2D eigenvalue weighted by molar-refractivity contribution is -0.122. The highest BCUT2D eigenvalue weighted by Crippen LogP contribution is 2.31. The molecule has 0 fully saturated rings. The average Bonchev–Trinajstić information content (AvgIpc) is 3.17. The van der Waals surface area contributed by atoms with Crippen LogP contribution in [0.4, 0.5) is 5.69 Å². The molecule has 0 unspecified atom stereocenters. The van der Waals surface area contributed by atoms with Crippen molar-refractivity contribution in [1.29, 1.82) is 0 Å². The molecule has 0 aliphatic heterocycles. The van der Waals surface area contributed by atoms with Crippen molar-refractivity contribution >= 4 is 33.2 Å². The van der Waals surface area contributed by atoms with Crippen LogP contribution >= 0.6 is 11.6 Å². The maximum absolute atomic E-state index is 13.0. The molecule has 1 amide bonds. The summed E-state index contributed by atoms with van der Waals surface area (Å²) in [6, 6.07) is 11.2. The van der Waals surface area contributed by atoms with Gasteiger partial charge in [0.2, 0.25) is 15.9 Å². The standard InChI is InChI=1S/C22H25ClN4O4S/c1-15(27(32(4,29)30)18-9-10-21(31-3)19(23)13-18)22(28)25-14-17-7-5-6-8-20(17)26-12-11-24-16(26)2/h5-13,15H,14H2,1-4H3,(H,25,28)/t15-/m1/s1. The third-order valence-electron chi connectivity index (χ3n) is 5.01. The number of para-hydroxylation sites is 1. The Morgan fingerprint density at radius 3 is 2.59 bits per heavy atom. The first-order chi connectivity index (χ1) is 15.1. The first kappa shape index (κ1) is 23.6. The van der Waals surface area contributed by atoms with Crippen LogP contribution in [-0.2, 0) is 21.4 Å². The molecule has 0 radical (unpaired) electrons. The smallest absolute Gasteiger partial charge is 0.243 e. The van der Waals surface area contributed by atoms with E-state index in [0.29, 0.717) is 5.75 Å². The Kier molecular flexibility index (Phi) is 7.10. The summed E-state index contributed by atoms with van der Waals surface area (Å²) in [7, 11) is -2.30. The number of hydrogen-bond donors (Lipinski definition) is 1. The number of methoxy groups -OCH3 is 1. The number of ether oxygens (including phenoxy) is 1. The molecule has 1 atom stereocenters. The second kappa shape index (κ2) is 9.62. The molecule has 0 saturated carbocycles. The van der Waals surface area contributed by atoms with Crippen molar-refractivity contribution < 1.29 is 17.9 Å². The zero-order valence-corrected chi connectivity index (χ0v) is 19.8. The summed E-state index contributed by atoms with van der Waals surface area (Å²) in [6.07, 6.45) is 4.60. The molecule has 0 saturated heterocycles. The highest BCUT2D eigenvalue weighted by Gasteiger charge is 2.29. The third kappa shape index (κ3) is 5.05. The van der Waals surface area contributed by atoms with Crippen LogP contribution in [0.2, 0.25) is 5.02 Å². The summed E-state index contributed by atoms with van der Waals surface area (Å²) in [5, 5.41) is 3.09. The molecule has 32 heavy (non-hydrogen) atoms. The minimum absolute atomic E-state index is 0.220. The van der Waals surface area contributed by atoms with Gasteiger partial charge in [-0.1, -0.05) is 29.8 Å². The molecular formula is C22H25ClN4O4S. The van der Waals surface area contributed by atoms with Crippen LogP contribution in [0.1, 0.15) is 18.3 Å². The molecule has 10 heteroatoms. The number of aryl methyl sites for hydroxylation is 1. The Hall–Kier alpha value is -3.04. The van der Waals surface area contributed by atoms with E-state index < -0.39 is 22.0 Å². The molecule has 3 aromatic rings. The van der Waals surface area contributed by atoms with Gasteiger partial charge in [0.05, 0.1) is 29.8 Å². The molecule has 1 heterocycles. The summed E-state index contributed by atoms with van der Waals surface area (Å²) in [6.45, 7) is 3.64. The number of carbonyl (C=O) groups excluding carboxylic acids is 1. The van der Waals surface area contributed by atoms with E-state index in [1.807, 2.05) is 42.0 Å². The number of nitrogens with zero attached hydrogens (tertiary/aromatic N) is 3. The van der Waals surface area contributed by atoms with Gasteiger partial charge in [-0.05, 0) is 43.7 Å². The fourth-order valence-corrected chi connectivity index (χ4v) is 4.88. The molecular weight excluding hydrogens is 452 g/mol. The van der Waals surface area contributed by atoms with Gasteiger partial charge in [-0.15, -0.1) is 0 Å². The van der Waals surface area contributed by atoms with Crippen LogP contribution in [0, 0.1) is 6.92 Å². The van der Waals surface area contributed by atoms with Crippen molar-refractivity contribution in [2.24, 2.45) is 0 Å². The van der Waals surface area contributed by atoms with E-state index in [9.17, 15) is 13.2 Å². The fraction of sp³-hybridized carbons (Fsp3) is 0.273. The van der Waals surface area contributed by atoms with Crippen LogP contribution in [0.5, 0.6) is 5.75 Å². The predicted molar refractivity (Wildman–Crippen MR) is 125 cm³/mol. The lowest BCUT2D eigenvalue weighted by Gasteiger charge is -2.28. The van der Waals surface area contributed by atoms with Crippen molar-refractivity contribution in [3.63, 3.8) is 0 Å². The molecule has 1 aromatic heterocycles. The van der Waals surface area contributed by atoms with Gasteiger partial charge in [-0.25, -0.2) is 13.4 Å². The van der Waals surface area contributed by atoms with E-state index in [0.717, 1.165) is 27.6 Å². The van der Waals surface area contributed by atoms with E-state index in [1.165, 1.54) is 20.1 Å². The second-order valence-electron chi connectivity index (χ2n) is 7.24. The Morgan fingerprint density at radius 1 is 1.28 bits per heavy atom. The Morgan fingerprint density at radius 2 is 2.00 bits per heavy atom. The quantitative estimate of drug-likeness (QED) is 0.538. The number of hydrogen-bond acceptors (Lipinski definition) is 5. The molecule has 0 aliphatic rings. The maximum atomic E-state index is 13.0. The van der Waals surface area contributed by atoms with Gasteiger partial charge >= 0.3 is 0 Å². The molecule has 1 N–H and O–H groups in total. The number of benzene rings is 2. The molecule has 0 aliphatic carbocycles. The second-order valence-corrected chi connectivity index (χ2v) is 9.51. The van der Waals surface area contributed by atoms with Gasteiger partial charge < -0.3 is 14.6 Å². The van der Waals surface area contributed by atoms with Crippen LogP contribution in [0.3, 0.4) is 0 Å². The highest BCUT2D eigenvalue weighted by molar-refractivity contribution is 7.92. The fourth-order valence-electron chi connectivity index (χ4n) is 3.46. The molecule has 2 aromatic carbocycles. The van der Waals surface area contributed by atoms with E-state index in [1.54, 1.807) is 18.3 Å². The summed E-state index contributed by atoms with van der Waals surface area (Å²) in [4.78, 5) is 17.2. The number of halogens is 1. The first-order valence-electron chi connectivity index (χ1n) is 9.82. The summed E-state index contributed by atoms with van der Waals surface area (Å²) in [5.41, 5.74) is 2.03. The van der Waals surface area contributed by atoms with E-state index in [-0.39, 0.29) is 17.3 Å². The van der Waals surface area contributed by atoms with Crippen LogP contribution < -0.4 is 14.4 Å². The van der Waals surface area contributed by atoms with E-state index in [2.05, 4.69) is 10.3 Å². The van der Waals surface area contributed by atoms with Gasteiger partial charge in [0, 0.05) is 18.9 Å². The molecule has 3 rings (SSSR count). The van der Waals surface area contributed by atoms with Crippen molar-refractivity contribution in [2.75, 3.05) is 17.7 Å². The Bertz CT molecular complexity index is 1230. The number of anilines is 1. The number of imidazole rings is 1. The number of aromatic nitrogens is 2. The third-order valence-corrected chi connectivity index (χ3v) is 6.55. The minimum atomic E-state index is -3.77. The lowest BCUT2D eigenvalue weighted by Crippen LogP contribution is -2.47. The zero-order chi connectivity index (χ0) is 23.5. The Balaban J connectivity index is 1.83. The summed E-state index contributed by atoms with van der Waals surface area (Å²) >= 11 is 6.17. The van der Waals surface area contributed by atoms with Crippen molar-refractivity contribution in [3.8, 4) is 11.4 Å². The van der Waals surface area contributed by atoms with Crippen LogP contribution in [-0.4, -0.2) is 43.3 Å². The van der Waals surface area contributed by atoms with Gasteiger partial charge in [-0.3, -0.25) is 9.10 Å². The largest absolute Gasteiger partial charge is 0.495 e. The zero-order valence-electron chi connectivity index (χ0n) is 18.2. The predicted octanol–water partition coefficient (Wildman–Crippen LogP) is 3.31. The van der Waals surface area contributed by atoms with Gasteiger partial charge in [0.1, 0.15) is 17.6 Å². The van der Waals surface area contributed by atoms with Crippen molar-refractivity contribution in [1.82, 2.24) is 14.9 Å². The highest BCUT2D eigenvalue weighted by atomic mass is 35.5. The molecule has 0 bridgehead atoms. The topological polar surface area (TPSA) is 93.5 Å².